The molecule has 0 aliphatic rings. The van der Waals surface area contributed by atoms with E-state index in [2.05, 4.69) is 14.8 Å². The quantitative estimate of drug-likeness (QED) is 0.521. The predicted molar refractivity (Wildman–Crippen MR) is 119 cm³/mol. The second-order valence-corrected chi connectivity index (χ2v) is 8.83. The van der Waals surface area contributed by atoms with E-state index >= 15 is 0 Å². The molecule has 0 heterocycles. The number of nitrogens with one attached hydrogen (secondary N) is 2. The fourth-order valence-electron chi connectivity index (χ4n) is 2.95. The first kappa shape index (κ1) is 25.0. The van der Waals surface area contributed by atoms with Crippen molar-refractivity contribution >= 4 is 33.5 Å². The van der Waals surface area contributed by atoms with Crippen molar-refractivity contribution in [3.05, 3.63) is 60.2 Å². The smallest absolute Gasteiger partial charge is 0.307 e. The molecule has 0 saturated carbocycles. The molecule has 0 aliphatic carbocycles. The molecule has 2 N–H and O–H groups in total. The summed E-state index contributed by atoms with van der Waals surface area (Å²) >= 11 is 0. The van der Waals surface area contributed by atoms with Crippen LogP contribution in [0.25, 0.3) is 0 Å². The van der Waals surface area contributed by atoms with Gasteiger partial charge in [-0.1, -0.05) is 30.3 Å². The van der Waals surface area contributed by atoms with Gasteiger partial charge in [-0.3, -0.25) is 14.4 Å². The number of benzene rings is 2. The molecule has 10 heteroatoms. The summed E-state index contributed by atoms with van der Waals surface area (Å²) in [6.45, 7) is 3.09. The molecular weight excluding hydrogens is 434 g/mol. The lowest BCUT2D eigenvalue weighted by Crippen LogP contribution is -2.47. The molecule has 2 rings (SSSR count). The maximum absolute atomic E-state index is 13.0. The number of hydrogen-bond donors (Lipinski definition) is 2. The van der Waals surface area contributed by atoms with Gasteiger partial charge in [0, 0.05) is 25.7 Å². The Hall–Kier alpha value is -3.24. The Morgan fingerprint density at radius 2 is 1.66 bits per heavy atom. The lowest BCUT2D eigenvalue weighted by atomic mass is 10.2. The molecule has 0 unspecified atom stereocenters. The second-order valence-electron chi connectivity index (χ2n) is 7.12. The zero-order chi connectivity index (χ0) is 23.7. The third-order valence-corrected chi connectivity index (χ3v) is 6.09. The summed E-state index contributed by atoms with van der Waals surface area (Å²) in [6.07, 6.45) is -0.0147. The molecule has 0 radical (unpaired) electrons. The van der Waals surface area contributed by atoms with Gasteiger partial charge in [0.25, 0.3) is 0 Å². The molecule has 1 atom stereocenters. The van der Waals surface area contributed by atoms with Crippen LogP contribution in [-0.2, 0) is 35.7 Å². The van der Waals surface area contributed by atoms with Gasteiger partial charge in [-0.2, -0.15) is 4.72 Å². The van der Waals surface area contributed by atoms with Crippen molar-refractivity contribution in [2.75, 3.05) is 19.0 Å². The molecule has 0 aliphatic heterocycles. The summed E-state index contributed by atoms with van der Waals surface area (Å²) in [4.78, 5) is 37.1. The highest BCUT2D eigenvalue weighted by Gasteiger charge is 2.26. The van der Waals surface area contributed by atoms with Crippen molar-refractivity contribution in [3.8, 4) is 0 Å². The summed E-state index contributed by atoms with van der Waals surface area (Å²) in [7, 11) is -2.73. The Morgan fingerprint density at radius 3 is 2.22 bits per heavy atom. The van der Waals surface area contributed by atoms with E-state index in [1.165, 1.54) is 50.1 Å². The zero-order valence-electron chi connectivity index (χ0n) is 18.2. The highest BCUT2D eigenvalue weighted by molar-refractivity contribution is 7.89. The first-order chi connectivity index (χ1) is 15.1. The van der Waals surface area contributed by atoms with Crippen molar-refractivity contribution in [3.63, 3.8) is 0 Å². The van der Waals surface area contributed by atoms with E-state index in [1.807, 2.05) is 30.3 Å². The van der Waals surface area contributed by atoms with Gasteiger partial charge in [0.1, 0.15) is 0 Å². The monoisotopic (exact) mass is 461 g/mol. The van der Waals surface area contributed by atoms with Crippen LogP contribution in [0, 0.1) is 0 Å². The SMILES string of the molecule is COC(=O)CCN(Cc1ccccc1)C(=O)[C@H](C)NS(=O)(=O)c1ccc(NC(C)=O)cc1. The van der Waals surface area contributed by atoms with Crippen molar-refractivity contribution in [1.29, 1.82) is 0 Å². The van der Waals surface area contributed by atoms with E-state index in [1.54, 1.807) is 0 Å². The van der Waals surface area contributed by atoms with E-state index in [0.717, 1.165) is 5.56 Å². The number of ether oxygens (including phenoxy) is 1. The van der Waals surface area contributed by atoms with E-state index in [9.17, 15) is 22.8 Å². The Kier molecular flexibility index (Phi) is 8.91. The lowest BCUT2D eigenvalue weighted by molar-refractivity contribution is -0.142. The fourth-order valence-corrected chi connectivity index (χ4v) is 4.14. The van der Waals surface area contributed by atoms with Crippen molar-refractivity contribution in [1.82, 2.24) is 9.62 Å². The van der Waals surface area contributed by atoms with E-state index < -0.39 is 27.9 Å². The molecule has 172 valence electrons. The van der Waals surface area contributed by atoms with E-state index in [-0.39, 0.29) is 30.3 Å². The summed E-state index contributed by atoms with van der Waals surface area (Å²) in [5.74, 6) is -1.22. The third kappa shape index (κ3) is 7.47. The predicted octanol–water partition coefficient (Wildman–Crippen LogP) is 1.90. The number of rotatable bonds is 10. The van der Waals surface area contributed by atoms with Gasteiger partial charge < -0.3 is 15.0 Å². The number of esters is 1. The van der Waals surface area contributed by atoms with Crippen LogP contribution in [0.5, 0.6) is 0 Å². The maximum Gasteiger partial charge on any atom is 0.307 e. The molecule has 9 nitrogen and oxygen atoms in total. The lowest BCUT2D eigenvalue weighted by Gasteiger charge is -2.26. The minimum Gasteiger partial charge on any atom is -0.469 e. The third-order valence-electron chi connectivity index (χ3n) is 4.53. The minimum absolute atomic E-state index is 0.0147. The van der Waals surface area contributed by atoms with Gasteiger partial charge >= 0.3 is 5.97 Å². The number of amides is 2. The Bertz CT molecular complexity index is 1040. The summed E-state index contributed by atoms with van der Waals surface area (Å²) in [5.41, 5.74) is 1.30. The van der Waals surface area contributed by atoms with Gasteiger partial charge in [0.05, 0.1) is 24.5 Å². The average molecular weight is 462 g/mol. The number of sulfonamides is 1. The number of methoxy groups -OCH3 is 1. The van der Waals surface area contributed by atoms with Crippen LogP contribution >= 0.6 is 0 Å². The van der Waals surface area contributed by atoms with Gasteiger partial charge in [-0.25, -0.2) is 8.42 Å². The van der Waals surface area contributed by atoms with Crippen LogP contribution in [0.15, 0.2) is 59.5 Å². The molecule has 32 heavy (non-hydrogen) atoms. The summed E-state index contributed by atoms with van der Waals surface area (Å²) in [5, 5.41) is 2.56. The molecule has 0 spiro atoms. The van der Waals surface area contributed by atoms with Gasteiger partial charge in [-0.15, -0.1) is 0 Å². The molecule has 0 fully saturated rings. The number of hydrogen-bond acceptors (Lipinski definition) is 6. The number of carbonyl (C=O) groups is 3. The Labute approximate surface area is 187 Å². The van der Waals surface area contributed by atoms with Gasteiger partial charge in [0.2, 0.25) is 21.8 Å². The molecule has 0 bridgehead atoms. The summed E-state index contributed by atoms with van der Waals surface area (Å²) in [6, 6.07) is 13.7. The van der Waals surface area contributed by atoms with Crippen LogP contribution < -0.4 is 10.0 Å². The van der Waals surface area contributed by atoms with Crippen LogP contribution in [0.2, 0.25) is 0 Å². The van der Waals surface area contributed by atoms with Crippen molar-refractivity contribution in [2.24, 2.45) is 0 Å². The van der Waals surface area contributed by atoms with Crippen molar-refractivity contribution < 1.29 is 27.5 Å². The van der Waals surface area contributed by atoms with Crippen LogP contribution in [-0.4, -0.2) is 50.8 Å². The zero-order valence-corrected chi connectivity index (χ0v) is 19.0. The molecule has 2 aromatic rings. The molecular formula is C22H27N3O6S. The largest absolute Gasteiger partial charge is 0.469 e. The van der Waals surface area contributed by atoms with Crippen LogP contribution in [0.4, 0.5) is 5.69 Å². The fraction of sp³-hybridized carbons (Fsp3) is 0.318. The molecule has 0 aromatic heterocycles. The molecule has 2 aromatic carbocycles. The van der Waals surface area contributed by atoms with E-state index in [0.29, 0.717) is 5.69 Å². The maximum atomic E-state index is 13.0. The standard InChI is InChI=1S/C22H27N3O6S/c1-16(24-32(29,30)20-11-9-19(10-12-20)23-17(2)26)22(28)25(14-13-21(27)31-3)15-18-7-5-4-6-8-18/h4-12,16,24H,13-15H2,1-3H3,(H,23,26)/t16-/m0/s1. The minimum atomic E-state index is -3.99. The van der Waals surface area contributed by atoms with Crippen molar-refractivity contribution in [2.45, 2.75) is 37.8 Å². The van der Waals surface area contributed by atoms with Gasteiger partial charge in [0.15, 0.2) is 0 Å². The van der Waals surface area contributed by atoms with Gasteiger partial charge in [-0.05, 0) is 36.8 Å². The van der Waals surface area contributed by atoms with E-state index in [4.69, 9.17) is 0 Å². The topological polar surface area (TPSA) is 122 Å². The Morgan fingerprint density at radius 1 is 1.03 bits per heavy atom. The first-order valence-electron chi connectivity index (χ1n) is 9.92. The normalized spacial score (nSPS) is 12.0. The second kappa shape index (κ2) is 11.4. The Balaban J connectivity index is 2.13. The van der Waals surface area contributed by atoms with Crippen LogP contribution in [0.3, 0.4) is 0 Å². The molecule has 2 amide bonds. The number of carbonyl (C=O) groups excluding carboxylic acids is 3. The first-order valence-corrected chi connectivity index (χ1v) is 11.4. The average Bonchev–Trinajstić information content (AvgIpc) is 2.76. The number of nitrogens with zero attached hydrogens (tertiary/aromatic N) is 1. The van der Waals surface area contributed by atoms with Crippen LogP contribution in [0.1, 0.15) is 25.8 Å². The highest BCUT2D eigenvalue weighted by atomic mass is 32.2. The highest BCUT2D eigenvalue weighted by Crippen LogP contribution is 2.15. The summed E-state index contributed by atoms with van der Waals surface area (Å²) < 4.78 is 32.5. The molecule has 0 saturated heterocycles. The number of anilines is 1.